The third-order valence-corrected chi connectivity index (χ3v) is 7.64. The van der Waals surface area contributed by atoms with Crippen molar-refractivity contribution >= 4 is 33.2 Å². The number of carbonyl (C=O) groups excluding carboxylic acids is 1. The summed E-state index contributed by atoms with van der Waals surface area (Å²) in [6.45, 7) is 5.87. The van der Waals surface area contributed by atoms with E-state index in [0.717, 1.165) is 26.7 Å². The average molecular weight is 517 g/mol. The third kappa shape index (κ3) is 6.46. The highest BCUT2D eigenvalue weighted by atomic mass is 35.5. The van der Waals surface area contributed by atoms with Crippen molar-refractivity contribution in [3.05, 3.63) is 82.4 Å². The number of hydrogen-bond acceptors (Lipinski definition) is 5. The van der Waals surface area contributed by atoms with Crippen LogP contribution in [-0.4, -0.2) is 41.1 Å². The summed E-state index contributed by atoms with van der Waals surface area (Å²) in [5.41, 5.74) is 3.31. The molecule has 0 saturated heterocycles. The van der Waals surface area contributed by atoms with Gasteiger partial charge in [-0.25, -0.2) is 8.42 Å². The number of rotatable bonds is 10. The molecule has 1 N–H and O–H groups in total. The molecule has 0 aliphatic heterocycles. The fourth-order valence-electron chi connectivity index (χ4n) is 3.38. The fraction of sp³-hybridized carbons (Fsp3) is 0.269. The summed E-state index contributed by atoms with van der Waals surface area (Å²) in [6.07, 6.45) is 0. The van der Waals surface area contributed by atoms with Crippen LogP contribution in [0, 0.1) is 20.8 Å². The van der Waals surface area contributed by atoms with E-state index in [0.29, 0.717) is 5.75 Å². The van der Waals surface area contributed by atoms with Crippen LogP contribution < -0.4 is 19.1 Å². The molecule has 0 heterocycles. The molecule has 0 aromatic heterocycles. The summed E-state index contributed by atoms with van der Waals surface area (Å²) in [5, 5.41) is 2.96. The predicted octanol–water partition coefficient (Wildman–Crippen LogP) is 4.66. The van der Waals surface area contributed by atoms with Crippen molar-refractivity contribution in [2.45, 2.75) is 25.7 Å². The molecule has 0 radical (unpaired) electrons. The third-order valence-electron chi connectivity index (χ3n) is 5.56. The fourth-order valence-corrected chi connectivity index (χ4v) is 5.05. The lowest BCUT2D eigenvalue weighted by atomic mass is 10.1. The van der Waals surface area contributed by atoms with Crippen molar-refractivity contribution < 1.29 is 22.7 Å². The molecule has 3 rings (SSSR count). The number of hydrogen-bond donors (Lipinski definition) is 1. The van der Waals surface area contributed by atoms with Crippen LogP contribution in [0.25, 0.3) is 0 Å². The summed E-state index contributed by atoms with van der Waals surface area (Å²) >= 11 is 6.25. The number of amides is 1. The molecule has 3 aromatic rings. The summed E-state index contributed by atoms with van der Waals surface area (Å²) in [6, 6.07) is 16.8. The van der Waals surface area contributed by atoms with Crippen molar-refractivity contribution in [3.63, 3.8) is 0 Å². The van der Waals surface area contributed by atoms with Crippen LogP contribution in [0.4, 0.5) is 5.69 Å². The van der Waals surface area contributed by atoms with E-state index >= 15 is 0 Å². The minimum Gasteiger partial charge on any atom is -0.495 e. The Morgan fingerprint density at radius 1 is 1.00 bits per heavy atom. The Kier molecular flexibility index (Phi) is 8.64. The van der Waals surface area contributed by atoms with E-state index in [1.165, 1.54) is 25.3 Å². The lowest BCUT2D eigenvalue weighted by Crippen LogP contribution is -2.42. The second-order valence-electron chi connectivity index (χ2n) is 8.04. The smallest absolute Gasteiger partial charge is 0.264 e. The van der Waals surface area contributed by atoms with Crippen LogP contribution in [0.5, 0.6) is 11.5 Å². The number of carbonyl (C=O) groups is 1. The molecule has 1 amide bonds. The Morgan fingerprint density at radius 3 is 2.37 bits per heavy atom. The van der Waals surface area contributed by atoms with Gasteiger partial charge in [-0.3, -0.25) is 9.10 Å². The van der Waals surface area contributed by atoms with Gasteiger partial charge < -0.3 is 14.8 Å². The van der Waals surface area contributed by atoms with Crippen LogP contribution in [0.15, 0.2) is 65.6 Å². The molecule has 186 valence electrons. The average Bonchev–Trinajstić information content (AvgIpc) is 2.83. The van der Waals surface area contributed by atoms with E-state index in [9.17, 15) is 13.2 Å². The highest BCUT2D eigenvalue weighted by Gasteiger charge is 2.27. The first-order valence-corrected chi connectivity index (χ1v) is 12.8. The summed E-state index contributed by atoms with van der Waals surface area (Å²) < 4.78 is 38.9. The van der Waals surface area contributed by atoms with Crippen molar-refractivity contribution in [1.29, 1.82) is 0 Å². The number of halogens is 1. The molecule has 0 fully saturated rings. The van der Waals surface area contributed by atoms with Gasteiger partial charge in [0, 0.05) is 0 Å². The second kappa shape index (κ2) is 11.5. The zero-order valence-corrected chi connectivity index (χ0v) is 21.7. The number of anilines is 1. The van der Waals surface area contributed by atoms with Crippen LogP contribution >= 0.6 is 11.6 Å². The van der Waals surface area contributed by atoms with Gasteiger partial charge in [0.1, 0.15) is 24.7 Å². The Labute approximate surface area is 211 Å². The largest absolute Gasteiger partial charge is 0.495 e. The Morgan fingerprint density at radius 2 is 1.71 bits per heavy atom. The van der Waals surface area contributed by atoms with Gasteiger partial charge in [0.25, 0.3) is 10.0 Å². The first-order valence-electron chi connectivity index (χ1n) is 11.0. The molecule has 7 nitrogen and oxygen atoms in total. The van der Waals surface area contributed by atoms with Gasteiger partial charge in [0.2, 0.25) is 5.91 Å². The Balaban J connectivity index is 1.76. The first kappa shape index (κ1) is 26.4. The van der Waals surface area contributed by atoms with Gasteiger partial charge in [0.15, 0.2) is 0 Å². The SMILES string of the molecule is COc1ccc(N(CC(=O)NCCOc2cccc(C)c2C)S(=O)(=O)c2ccc(C)cc2)cc1Cl. The number of ether oxygens (including phenoxy) is 2. The molecule has 0 spiro atoms. The standard InChI is InChI=1S/C26H29ClN2O5S/c1-18-8-11-22(12-9-18)35(31,32)29(21-10-13-25(33-4)23(27)16-21)17-26(30)28-14-15-34-24-7-5-6-19(2)20(24)3/h5-13,16H,14-15,17H2,1-4H3,(H,28,30). The van der Waals surface area contributed by atoms with Crippen LogP contribution in [0.2, 0.25) is 5.02 Å². The monoisotopic (exact) mass is 516 g/mol. The molecule has 0 atom stereocenters. The van der Waals surface area contributed by atoms with Gasteiger partial charge in [-0.15, -0.1) is 0 Å². The summed E-state index contributed by atoms with van der Waals surface area (Å²) in [7, 11) is -2.58. The number of nitrogens with one attached hydrogen (secondary N) is 1. The Bertz CT molecular complexity index is 1290. The highest BCUT2D eigenvalue weighted by molar-refractivity contribution is 7.92. The quantitative estimate of drug-likeness (QED) is 0.396. The summed E-state index contributed by atoms with van der Waals surface area (Å²) in [5.74, 6) is 0.670. The normalized spacial score (nSPS) is 11.1. The number of benzene rings is 3. The molecule has 0 aliphatic rings. The molecular weight excluding hydrogens is 488 g/mol. The minimum atomic E-state index is -4.04. The molecule has 0 bridgehead atoms. The van der Waals surface area contributed by atoms with Crippen LogP contribution in [0.1, 0.15) is 16.7 Å². The van der Waals surface area contributed by atoms with Crippen molar-refractivity contribution in [2.75, 3.05) is 31.1 Å². The zero-order chi connectivity index (χ0) is 25.6. The number of sulfonamides is 1. The molecular formula is C26H29ClN2O5S. The molecule has 3 aromatic carbocycles. The maximum Gasteiger partial charge on any atom is 0.264 e. The summed E-state index contributed by atoms with van der Waals surface area (Å²) in [4.78, 5) is 12.8. The van der Waals surface area contributed by atoms with E-state index in [1.807, 2.05) is 39.0 Å². The molecule has 0 aliphatic carbocycles. The highest BCUT2D eigenvalue weighted by Crippen LogP contribution is 2.32. The van der Waals surface area contributed by atoms with E-state index in [4.69, 9.17) is 21.1 Å². The van der Waals surface area contributed by atoms with Gasteiger partial charge in [0.05, 0.1) is 29.3 Å². The van der Waals surface area contributed by atoms with E-state index < -0.39 is 22.5 Å². The lowest BCUT2D eigenvalue weighted by Gasteiger charge is -2.24. The Hall–Kier alpha value is -3.23. The van der Waals surface area contributed by atoms with Crippen molar-refractivity contribution in [1.82, 2.24) is 5.32 Å². The lowest BCUT2D eigenvalue weighted by molar-refractivity contribution is -0.119. The molecule has 35 heavy (non-hydrogen) atoms. The molecule has 0 saturated carbocycles. The van der Waals surface area contributed by atoms with E-state index in [-0.39, 0.29) is 28.8 Å². The number of methoxy groups -OCH3 is 1. The molecule has 9 heteroatoms. The zero-order valence-electron chi connectivity index (χ0n) is 20.2. The molecule has 0 unspecified atom stereocenters. The van der Waals surface area contributed by atoms with Gasteiger partial charge in [-0.05, 0) is 68.3 Å². The topological polar surface area (TPSA) is 84.9 Å². The van der Waals surface area contributed by atoms with E-state index in [2.05, 4.69) is 5.32 Å². The van der Waals surface area contributed by atoms with Gasteiger partial charge in [-0.2, -0.15) is 0 Å². The van der Waals surface area contributed by atoms with E-state index in [1.54, 1.807) is 24.3 Å². The first-order chi connectivity index (χ1) is 16.6. The van der Waals surface area contributed by atoms with Gasteiger partial charge in [-0.1, -0.05) is 41.4 Å². The van der Waals surface area contributed by atoms with Gasteiger partial charge >= 0.3 is 0 Å². The number of aryl methyl sites for hydroxylation is 2. The minimum absolute atomic E-state index is 0.0705. The second-order valence-corrected chi connectivity index (χ2v) is 10.3. The maximum atomic E-state index is 13.5. The van der Waals surface area contributed by atoms with Crippen molar-refractivity contribution in [2.24, 2.45) is 0 Å². The maximum absolute atomic E-state index is 13.5. The number of nitrogens with zero attached hydrogens (tertiary/aromatic N) is 1. The van der Waals surface area contributed by atoms with Crippen LogP contribution in [0.3, 0.4) is 0 Å². The van der Waals surface area contributed by atoms with Crippen molar-refractivity contribution in [3.8, 4) is 11.5 Å². The predicted molar refractivity (Wildman–Crippen MR) is 138 cm³/mol. The van der Waals surface area contributed by atoms with Crippen LogP contribution in [-0.2, 0) is 14.8 Å².